The molecule has 1 aliphatic heterocycles. The van der Waals surface area contributed by atoms with Gasteiger partial charge in [-0.25, -0.2) is 4.98 Å². The van der Waals surface area contributed by atoms with E-state index in [1.807, 2.05) is 6.20 Å². The molecule has 16 heavy (non-hydrogen) atoms. The first kappa shape index (κ1) is 11.9. The van der Waals surface area contributed by atoms with E-state index in [1.54, 1.807) is 0 Å². The van der Waals surface area contributed by atoms with Crippen molar-refractivity contribution in [3.05, 3.63) is 22.3 Å². The third-order valence-corrected chi connectivity index (χ3v) is 3.54. The van der Waals surface area contributed by atoms with E-state index in [2.05, 4.69) is 51.0 Å². The van der Waals surface area contributed by atoms with Gasteiger partial charge in [0, 0.05) is 36.3 Å². The Labute approximate surface area is 105 Å². The monoisotopic (exact) mass is 283 g/mol. The van der Waals surface area contributed by atoms with Gasteiger partial charge < -0.3 is 10.2 Å². The van der Waals surface area contributed by atoms with Gasteiger partial charge in [-0.15, -0.1) is 0 Å². The van der Waals surface area contributed by atoms with Crippen LogP contribution in [0.4, 0.5) is 5.82 Å². The molecule has 1 saturated heterocycles. The Balaban J connectivity index is 2.27. The fraction of sp³-hybridized carbons (Fsp3) is 0.583. The number of nitrogens with zero attached hydrogens (tertiary/aromatic N) is 2. The van der Waals surface area contributed by atoms with Gasteiger partial charge in [-0.1, -0.05) is 6.92 Å². The molecule has 1 fully saturated rings. The van der Waals surface area contributed by atoms with Gasteiger partial charge >= 0.3 is 0 Å². The Morgan fingerprint density at radius 3 is 3.12 bits per heavy atom. The van der Waals surface area contributed by atoms with Gasteiger partial charge in [0.2, 0.25) is 0 Å². The fourth-order valence-electron chi connectivity index (χ4n) is 2.24. The maximum absolute atomic E-state index is 4.55. The van der Waals surface area contributed by atoms with Gasteiger partial charge in [-0.05, 0) is 40.9 Å². The molecule has 1 aromatic rings. The van der Waals surface area contributed by atoms with E-state index in [4.69, 9.17) is 0 Å². The number of halogens is 1. The molecule has 88 valence electrons. The van der Waals surface area contributed by atoms with Gasteiger partial charge in [0.25, 0.3) is 0 Å². The van der Waals surface area contributed by atoms with Crippen molar-refractivity contribution >= 4 is 21.7 Å². The van der Waals surface area contributed by atoms with E-state index >= 15 is 0 Å². The lowest BCUT2D eigenvalue weighted by atomic mass is 10.1. The molecule has 2 rings (SSSR count). The highest BCUT2D eigenvalue weighted by Gasteiger charge is 2.22. The SMILES string of the molecule is CCC1CNCCN1c1ncc(Br)cc1C. The highest BCUT2D eigenvalue weighted by atomic mass is 79.9. The van der Waals surface area contributed by atoms with Crippen molar-refractivity contribution in [1.29, 1.82) is 0 Å². The maximum atomic E-state index is 4.55. The number of anilines is 1. The number of aryl methyl sites for hydroxylation is 1. The van der Waals surface area contributed by atoms with E-state index in [1.165, 1.54) is 5.56 Å². The number of hydrogen-bond donors (Lipinski definition) is 1. The third-order valence-electron chi connectivity index (χ3n) is 3.11. The zero-order chi connectivity index (χ0) is 11.5. The van der Waals surface area contributed by atoms with Crippen molar-refractivity contribution in [2.75, 3.05) is 24.5 Å². The van der Waals surface area contributed by atoms with Crippen LogP contribution in [-0.4, -0.2) is 30.7 Å². The van der Waals surface area contributed by atoms with Crippen LogP contribution in [-0.2, 0) is 0 Å². The molecule has 0 aliphatic carbocycles. The summed E-state index contributed by atoms with van der Waals surface area (Å²) in [5.74, 6) is 1.14. The van der Waals surface area contributed by atoms with E-state index in [-0.39, 0.29) is 0 Å². The van der Waals surface area contributed by atoms with Crippen LogP contribution in [0.25, 0.3) is 0 Å². The molecule has 1 N–H and O–H groups in total. The number of hydrogen-bond acceptors (Lipinski definition) is 3. The molecular formula is C12H18BrN3. The second-order valence-corrected chi connectivity index (χ2v) is 5.17. The van der Waals surface area contributed by atoms with Gasteiger partial charge in [0.1, 0.15) is 5.82 Å². The molecule has 0 radical (unpaired) electrons. The maximum Gasteiger partial charge on any atom is 0.131 e. The summed E-state index contributed by atoms with van der Waals surface area (Å²) >= 11 is 3.46. The highest BCUT2D eigenvalue weighted by Crippen LogP contribution is 2.23. The predicted octanol–water partition coefficient (Wildman–Crippen LogP) is 2.34. The first-order valence-electron chi connectivity index (χ1n) is 5.82. The zero-order valence-corrected chi connectivity index (χ0v) is 11.4. The molecular weight excluding hydrogens is 266 g/mol. The molecule has 1 unspecified atom stereocenters. The normalized spacial score (nSPS) is 21.2. The van der Waals surface area contributed by atoms with Crippen molar-refractivity contribution in [1.82, 2.24) is 10.3 Å². The van der Waals surface area contributed by atoms with E-state index < -0.39 is 0 Å². The van der Waals surface area contributed by atoms with Crippen molar-refractivity contribution in [3.8, 4) is 0 Å². The number of piperazine rings is 1. The van der Waals surface area contributed by atoms with Crippen LogP contribution in [0.1, 0.15) is 18.9 Å². The summed E-state index contributed by atoms with van der Waals surface area (Å²) in [4.78, 5) is 6.98. The zero-order valence-electron chi connectivity index (χ0n) is 9.83. The summed E-state index contributed by atoms with van der Waals surface area (Å²) in [7, 11) is 0. The molecule has 0 bridgehead atoms. The Morgan fingerprint density at radius 1 is 1.62 bits per heavy atom. The third kappa shape index (κ3) is 2.38. The first-order chi connectivity index (χ1) is 7.72. The summed E-state index contributed by atoms with van der Waals surface area (Å²) < 4.78 is 1.05. The Bertz CT molecular complexity index is 367. The van der Waals surface area contributed by atoms with E-state index in [0.717, 1.165) is 36.3 Å². The molecule has 0 spiro atoms. The number of rotatable bonds is 2. The Morgan fingerprint density at radius 2 is 2.44 bits per heavy atom. The van der Waals surface area contributed by atoms with Gasteiger partial charge in [0.05, 0.1) is 0 Å². The molecule has 0 saturated carbocycles. The van der Waals surface area contributed by atoms with Crippen LogP contribution in [0.3, 0.4) is 0 Å². The molecule has 3 nitrogen and oxygen atoms in total. The lowest BCUT2D eigenvalue weighted by Gasteiger charge is -2.37. The van der Waals surface area contributed by atoms with Crippen LogP contribution >= 0.6 is 15.9 Å². The second-order valence-electron chi connectivity index (χ2n) is 4.25. The molecule has 1 atom stereocenters. The van der Waals surface area contributed by atoms with Gasteiger partial charge in [-0.2, -0.15) is 0 Å². The summed E-state index contributed by atoms with van der Waals surface area (Å²) in [6, 6.07) is 2.71. The van der Waals surface area contributed by atoms with E-state index in [0.29, 0.717) is 6.04 Å². The molecule has 2 heterocycles. The van der Waals surface area contributed by atoms with Crippen LogP contribution in [0.5, 0.6) is 0 Å². The minimum absolute atomic E-state index is 0.570. The molecule has 1 aliphatic rings. The minimum Gasteiger partial charge on any atom is -0.351 e. The predicted molar refractivity (Wildman–Crippen MR) is 71.0 cm³/mol. The summed E-state index contributed by atoms with van der Waals surface area (Å²) in [5.41, 5.74) is 1.25. The smallest absolute Gasteiger partial charge is 0.131 e. The number of pyridine rings is 1. The highest BCUT2D eigenvalue weighted by molar-refractivity contribution is 9.10. The first-order valence-corrected chi connectivity index (χ1v) is 6.61. The summed E-state index contributed by atoms with van der Waals surface area (Å²) in [6.45, 7) is 7.52. The number of nitrogens with one attached hydrogen (secondary N) is 1. The lowest BCUT2D eigenvalue weighted by Crippen LogP contribution is -2.51. The van der Waals surface area contributed by atoms with Gasteiger partial charge in [0.15, 0.2) is 0 Å². The quantitative estimate of drug-likeness (QED) is 0.903. The van der Waals surface area contributed by atoms with Crippen LogP contribution < -0.4 is 10.2 Å². The van der Waals surface area contributed by atoms with Crippen LogP contribution in [0.15, 0.2) is 16.7 Å². The summed E-state index contributed by atoms with van der Waals surface area (Å²) in [5, 5.41) is 3.44. The van der Waals surface area contributed by atoms with E-state index in [9.17, 15) is 0 Å². The molecule has 1 aromatic heterocycles. The molecule has 4 heteroatoms. The second kappa shape index (κ2) is 5.15. The standard InChI is InChI=1S/C12H18BrN3/c1-3-11-8-14-4-5-16(11)12-9(2)6-10(13)7-15-12/h6-7,11,14H,3-5,8H2,1-2H3. The van der Waals surface area contributed by atoms with Crippen molar-refractivity contribution in [2.45, 2.75) is 26.3 Å². The lowest BCUT2D eigenvalue weighted by molar-refractivity contribution is 0.462. The summed E-state index contributed by atoms with van der Waals surface area (Å²) in [6.07, 6.45) is 3.04. The molecule has 0 aromatic carbocycles. The Hall–Kier alpha value is -0.610. The number of aromatic nitrogens is 1. The van der Waals surface area contributed by atoms with Crippen LogP contribution in [0, 0.1) is 6.92 Å². The average Bonchev–Trinajstić information content (AvgIpc) is 2.29. The minimum atomic E-state index is 0.570. The topological polar surface area (TPSA) is 28.2 Å². The van der Waals surface area contributed by atoms with Crippen molar-refractivity contribution < 1.29 is 0 Å². The average molecular weight is 284 g/mol. The van der Waals surface area contributed by atoms with Crippen molar-refractivity contribution in [2.24, 2.45) is 0 Å². The van der Waals surface area contributed by atoms with Gasteiger partial charge in [-0.3, -0.25) is 0 Å². The largest absolute Gasteiger partial charge is 0.351 e. The Kier molecular flexibility index (Phi) is 3.82. The fourth-order valence-corrected chi connectivity index (χ4v) is 2.68. The molecule has 0 amide bonds. The van der Waals surface area contributed by atoms with Crippen LogP contribution in [0.2, 0.25) is 0 Å². The van der Waals surface area contributed by atoms with Crippen molar-refractivity contribution in [3.63, 3.8) is 0 Å².